The summed E-state index contributed by atoms with van der Waals surface area (Å²) < 4.78 is 5.08. The van der Waals surface area contributed by atoms with Gasteiger partial charge in [-0.05, 0) is 24.6 Å². The Morgan fingerprint density at radius 2 is 1.88 bits per heavy atom. The average Bonchev–Trinajstić information content (AvgIpc) is 2.49. The highest BCUT2D eigenvalue weighted by Crippen LogP contribution is 2.37. The van der Waals surface area contributed by atoms with E-state index in [9.17, 15) is 25.0 Å². The van der Waals surface area contributed by atoms with Crippen LogP contribution in [-0.2, 0) is 4.79 Å². The zero-order valence-corrected chi connectivity index (χ0v) is 14.0. The van der Waals surface area contributed by atoms with Crippen molar-refractivity contribution >= 4 is 47.9 Å². The largest absolute Gasteiger partial charge is 0.459 e. The van der Waals surface area contributed by atoms with E-state index in [1.807, 2.05) is 0 Å². The van der Waals surface area contributed by atoms with Gasteiger partial charge in [-0.15, -0.1) is 0 Å². The zero-order valence-electron chi connectivity index (χ0n) is 11.8. The zero-order chi connectivity index (χ0) is 18.0. The number of hydrogen-bond donors (Lipinski definition) is 2. The van der Waals surface area contributed by atoms with Crippen molar-refractivity contribution in [3.63, 3.8) is 0 Å². The number of halogens is 3. The van der Waals surface area contributed by atoms with Gasteiger partial charge in [0.25, 0.3) is 5.70 Å². The highest BCUT2D eigenvalue weighted by Gasteiger charge is 2.33. The first kappa shape index (κ1) is 18.8. The molecule has 2 N–H and O–H groups in total. The van der Waals surface area contributed by atoms with Crippen molar-refractivity contribution in [1.82, 2.24) is 0 Å². The maximum absolute atomic E-state index is 12.2. The number of nitrogens with zero attached hydrogens (tertiary/aromatic N) is 1. The molecule has 126 valence electrons. The molecule has 1 atom stereocenters. The number of nitro groups is 1. The maximum Gasteiger partial charge on any atom is 0.459 e. The van der Waals surface area contributed by atoms with Crippen LogP contribution in [0.5, 0.6) is 5.75 Å². The monoisotopic (exact) mass is 391 g/mol. The maximum atomic E-state index is 12.2. The van der Waals surface area contributed by atoms with E-state index < -0.39 is 29.5 Å². The van der Waals surface area contributed by atoms with Crippen molar-refractivity contribution in [2.75, 3.05) is 0 Å². The summed E-state index contributed by atoms with van der Waals surface area (Å²) in [5.41, 5.74) is -0.566. The first-order valence-electron chi connectivity index (χ1n) is 6.48. The minimum Gasteiger partial charge on any atom is -0.427 e. The minimum atomic E-state index is -1.86. The molecular weight excluding hydrogens is 383 g/mol. The van der Waals surface area contributed by atoms with Crippen molar-refractivity contribution < 1.29 is 24.5 Å². The molecule has 1 aromatic rings. The lowest BCUT2D eigenvalue weighted by atomic mass is 9.67. The van der Waals surface area contributed by atoms with Crippen LogP contribution in [0.25, 0.3) is 0 Å². The third kappa shape index (κ3) is 4.28. The third-order valence-electron chi connectivity index (χ3n) is 3.18. The Hall–Kier alpha value is -1.58. The van der Waals surface area contributed by atoms with E-state index in [4.69, 9.17) is 39.5 Å². The van der Waals surface area contributed by atoms with E-state index in [0.29, 0.717) is 0 Å². The lowest BCUT2D eigenvalue weighted by Gasteiger charge is -2.17. The third-order valence-corrected chi connectivity index (χ3v) is 3.96. The number of hydrogen-bond acceptors (Lipinski definition) is 6. The molecule has 7 nitrogen and oxygen atoms in total. The van der Waals surface area contributed by atoms with Crippen LogP contribution in [0.4, 0.5) is 0 Å². The number of allylic oxidation sites excluding steroid dienone is 2. The van der Waals surface area contributed by atoms with Crippen LogP contribution in [0.2, 0.25) is 20.9 Å². The van der Waals surface area contributed by atoms with E-state index in [1.165, 1.54) is 12.1 Å². The van der Waals surface area contributed by atoms with Gasteiger partial charge in [0, 0.05) is 22.5 Å². The lowest BCUT2D eigenvalue weighted by Crippen LogP contribution is -2.25. The molecule has 1 unspecified atom stereocenters. The quantitative estimate of drug-likeness (QED) is 0.268. The number of esters is 1. The molecule has 0 saturated carbocycles. The van der Waals surface area contributed by atoms with Crippen LogP contribution in [0.15, 0.2) is 35.6 Å². The lowest BCUT2D eigenvalue weighted by molar-refractivity contribution is -0.419. The second kappa shape index (κ2) is 7.54. The van der Waals surface area contributed by atoms with Crippen LogP contribution in [0.1, 0.15) is 6.42 Å². The second-order valence-electron chi connectivity index (χ2n) is 4.89. The van der Waals surface area contributed by atoms with Crippen LogP contribution in [0.3, 0.4) is 0 Å². The predicted octanol–water partition coefficient (Wildman–Crippen LogP) is 2.89. The molecule has 24 heavy (non-hydrogen) atoms. The van der Waals surface area contributed by atoms with E-state index >= 15 is 0 Å². The Kier molecular flexibility index (Phi) is 5.90. The summed E-state index contributed by atoms with van der Waals surface area (Å²) >= 11 is 17.6. The van der Waals surface area contributed by atoms with Gasteiger partial charge in [-0.1, -0.05) is 34.8 Å². The fraction of sp³-hybridized carbons (Fsp3) is 0.154. The molecule has 0 fully saturated rings. The molecule has 0 amide bonds. The molecule has 0 aromatic heterocycles. The second-order valence-corrected chi connectivity index (χ2v) is 6.14. The van der Waals surface area contributed by atoms with Crippen molar-refractivity contribution in [2.45, 2.75) is 12.2 Å². The van der Waals surface area contributed by atoms with Crippen molar-refractivity contribution in [1.29, 1.82) is 0 Å². The number of benzene rings is 1. The Balaban J connectivity index is 2.29. The normalized spacial score (nSPS) is 17.0. The molecule has 0 radical (unpaired) electrons. The first-order valence-corrected chi connectivity index (χ1v) is 7.62. The van der Waals surface area contributed by atoms with E-state index in [-0.39, 0.29) is 32.8 Å². The summed E-state index contributed by atoms with van der Waals surface area (Å²) in [7, 11) is -1.86. The highest BCUT2D eigenvalue weighted by atomic mass is 35.5. The van der Waals surface area contributed by atoms with E-state index in [2.05, 4.69) is 0 Å². The van der Waals surface area contributed by atoms with Crippen molar-refractivity contribution in [3.8, 4) is 5.75 Å². The molecule has 0 aliphatic heterocycles. The SMILES string of the molecule is O=C(Oc1c(Cl)cc(Cl)cc1Cl)C1=CC([N+](=O)[O-])=CC(B(O)O)C1. The van der Waals surface area contributed by atoms with Crippen LogP contribution >= 0.6 is 34.8 Å². The van der Waals surface area contributed by atoms with Crippen LogP contribution < -0.4 is 4.74 Å². The Labute approximate surface area is 151 Å². The van der Waals surface area contributed by atoms with E-state index in [0.717, 1.165) is 12.2 Å². The molecule has 11 heteroatoms. The van der Waals surface area contributed by atoms with Gasteiger partial charge >= 0.3 is 13.1 Å². The van der Waals surface area contributed by atoms with Crippen LogP contribution in [0, 0.1) is 10.1 Å². The van der Waals surface area contributed by atoms with Gasteiger partial charge in [-0.2, -0.15) is 0 Å². The number of carbonyl (C=O) groups excluding carboxylic acids is 1. The van der Waals surface area contributed by atoms with Gasteiger partial charge in [-0.3, -0.25) is 10.1 Å². The van der Waals surface area contributed by atoms with Gasteiger partial charge in [0.15, 0.2) is 5.75 Å². The first-order chi connectivity index (χ1) is 11.2. The van der Waals surface area contributed by atoms with E-state index in [1.54, 1.807) is 0 Å². The summed E-state index contributed by atoms with van der Waals surface area (Å²) in [6, 6.07) is 2.63. The van der Waals surface area contributed by atoms with Crippen molar-refractivity contribution in [3.05, 3.63) is 60.7 Å². The molecular formula is C13H9BCl3NO6. The standard InChI is InChI=1S/C13H9BCl3NO6/c15-8-4-10(16)12(11(17)5-8)24-13(19)6-1-7(14(20)21)3-9(2-6)18(22)23/h2-5,7,20-21H,1H2. The Morgan fingerprint density at radius 3 is 2.38 bits per heavy atom. The summed E-state index contributed by atoms with van der Waals surface area (Å²) in [4.78, 5) is 22.4. The molecule has 0 saturated heterocycles. The summed E-state index contributed by atoms with van der Waals surface area (Å²) in [5.74, 6) is -2.11. The van der Waals surface area contributed by atoms with Gasteiger partial charge < -0.3 is 14.8 Å². The molecule has 1 aliphatic carbocycles. The predicted molar refractivity (Wildman–Crippen MR) is 88.8 cm³/mol. The number of rotatable bonds is 4. The molecule has 0 bridgehead atoms. The molecule has 2 rings (SSSR count). The average molecular weight is 392 g/mol. The molecule has 0 spiro atoms. The molecule has 1 aliphatic rings. The summed E-state index contributed by atoms with van der Waals surface area (Å²) in [6.07, 6.45) is 1.90. The van der Waals surface area contributed by atoms with Gasteiger partial charge in [0.2, 0.25) is 0 Å². The Morgan fingerprint density at radius 1 is 1.29 bits per heavy atom. The smallest absolute Gasteiger partial charge is 0.427 e. The fourth-order valence-corrected chi connectivity index (χ4v) is 2.94. The summed E-state index contributed by atoms with van der Waals surface area (Å²) in [6.45, 7) is 0. The van der Waals surface area contributed by atoms with Gasteiger partial charge in [0.05, 0.1) is 15.0 Å². The van der Waals surface area contributed by atoms with Crippen molar-refractivity contribution in [2.24, 2.45) is 0 Å². The minimum absolute atomic E-state index is 0.0129. The summed E-state index contributed by atoms with van der Waals surface area (Å²) in [5, 5.41) is 29.6. The van der Waals surface area contributed by atoms with Crippen LogP contribution in [-0.4, -0.2) is 28.1 Å². The molecule has 0 heterocycles. The van der Waals surface area contributed by atoms with Gasteiger partial charge in [0.1, 0.15) is 0 Å². The fourth-order valence-electron chi connectivity index (χ4n) is 2.05. The molecule has 1 aromatic carbocycles. The van der Waals surface area contributed by atoms with Gasteiger partial charge in [-0.25, -0.2) is 4.79 Å². The number of ether oxygens (including phenoxy) is 1. The Bertz CT molecular complexity index is 741. The number of carbonyl (C=O) groups is 1. The topological polar surface area (TPSA) is 110 Å². The highest BCUT2D eigenvalue weighted by molar-refractivity contribution is 6.44.